The fourth-order valence-corrected chi connectivity index (χ4v) is 2.09. The third kappa shape index (κ3) is 2.49. The van der Waals surface area contributed by atoms with Crippen molar-refractivity contribution in [3.8, 4) is 11.5 Å². The Morgan fingerprint density at radius 3 is 2.53 bits per heavy atom. The smallest absolute Gasteiger partial charge is 0.165 e. The summed E-state index contributed by atoms with van der Waals surface area (Å²) < 4.78 is 26.6. The van der Waals surface area contributed by atoms with E-state index in [1.807, 2.05) is 0 Å². The third-order valence-electron chi connectivity index (χ3n) is 2.96. The molecule has 0 saturated carbocycles. The van der Waals surface area contributed by atoms with Gasteiger partial charge in [-0.1, -0.05) is 17.7 Å². The summed E-state index contributed by atoms with van der Waals surface area (Å²) in [6.07, 6.45) is 0.00931. The molecule has 100 valence electrons. The highest BCUT2D eigenvalue weighted by atomic mass is 35.5. The van der Waals surface area contributed by atoms with Crippen molar-refractivity contribution in [3.63, 3.8) is 0 Å². The summed E-state index contributed by atoms with van der Waals surface area (Å²) in [5.41, 5.74) is 0.353. The van der Waals surface area contributed by atoms with Gasteiger partial charge < -0.3 is 10.2 Å². The Hall–Kier alpha value is -1.81. The zero-order chi connectivity index (χ0) is 14.2. The second-order valence-electron chi connectivity index (χ2n) is 4.22. The zero-order valence-electron chi connectivity index (χ0n) is 10.0. The first-order valence-electron chi connectivity index (χ1n) is 5.54. The summed E-state index contributed by atoms with van der Waals surface area (Å²) in [6, 6.07) is 5.48. The Balaban J connectivity index is 2.50. The summed E-state index contributed by atoms with van der Waals surface area (Å²) in [5.74, 6) is -2.52. The quantitative estimate of drug-likeness (QED) is 0.877. The van der Waals surface area contributed by atoms with Crippen molar-refractivity contribution < 1.29 is 19.0 Å². The van der Waals surface area contributed by atoms with Crippen LogP contribution in [-0.2, 0) is 6.42 Å². The summed E-state index contributed by atoms with van der Waals surface area (Å²) in [5, 5.41) is 19.8. The lowest BCUT2D eigenvalue weighted by Gasteiger charge is -2.11. The van der Waals surface area contributed by atoms with E-state index < -0.39 is 11.6 Å². The van der Waals surface area contributed by atoms with Crippen LogP contribution in [0.5, 0.6) is 11.5 Å². The molecule has 19 heavy (non-hydrogen) atoms. The standard InChI is InChI=1S/C14H11ClF2O2/c1-7-13(17)11(16)6-8(14(7)19)5-9-10(15)3-2-4-12(9)18/h2-4,6,18-19H,5H2,1H3. The van der Waals surface area contributed by atoms with E-state index in [0.717, 1.165) is 6.07 Å². The largest absolute Gasteiger partial charge is 0.508 e. The molecular weight excluding hydrogens is 274 g/mol. The molecule has 0 unspecified atom stereocenters. The summed E-state index contributed by atoms with van der Waals surface area (Å²) in [6.45, 7) is 1.28. The number of rotatable bonds is 2. The van der Waals surface area contributed by atoms with Gasteiger partial charge in [0.25, 0.3) is 0 Å². The van der Waals surface area contributed by atoms with Crippen molar-refractivity contribution in [1.82, 2.24) is 0 Å². The van der Waals surface area contributed by atoms with E-state index >= 15 is 0 Å². The second-order valence-corrected chi connectivity index (χ2v) is 4.63. The SMILES string of the molecule is Cc1c(O)c(Cc2c(O)cccc2Cl)cc(F)c1F. The lowest BCUT2D eigenvalue weighted by atomic mass is 10.0. The fraction of sp³-hybridized carbons (Fsp3) is 0.143. The van der Waals surface area contributed by atoms with Gasteiger partial charge in [-0.2, -0.15) is 0 Å². The average Bonchev–Trinajstić information content (AvgIpc) is 2.37. The van der Waals surface area contributed by atoms with Crippen LogP contribution in [0.2, 0.25) is 5.02 Å². The van der Waals surface area contributed by atoms with Gasteiger partial charge >= 0.3 is 0 Å². The van der Waals surface area contributed by atoms with Crippen LogP contribution in [0, 0.1) is 18.6 Å². The minimum atomic E-state index is -1.08. The lowest BCUT2D eigenvalue weighted by molar-refractivity contribution is 0.439. The molecule has 0 aliphatic carbocycles. The topological polar surface area (TPSA) is 40.5 Å². The van der Waals surface area contributed by atoms with Crippen molar-refractivity contribution in [2.75, 3.05) is 0 Å². The highest BCUT2D eigenvalue weighted by Crippen LogP contribution is 2.33. The molecule has 2 aromatic rings. The Morgan fingerprint density at radius 2 is 1.89 bits per heavy atom. The molecule has 0 bridgehead atoms. The number of halogens is 3. The summed E-state index contributed by atoms with van der Waals surface area (Å²) in [4.78, 5) is 0. The average molecular weight is 285 g/mol. The maximum atomic E-state index is 13.3. The van der Waals surface area contributed by atoms with Crippen LogP contribution in [0.4, 0.5) is 8.78 Å². The predicted octanol–water partition coefficient (Wildman–Crippen LogP) is 3.93. The van der Waals surface area contributed by atoms with Gasteiger partial charge in [-0.3, -0.25) is 0 Å². The van der Waals surface area contributed by atoms with Gasteiger partial charge in [0.1, 0.15) is 11.5 Å². The molecule has 0 aliphatic heterocycles. The van der Waals surface area contributed by atoms with Crippen molar-refractivity contribution in [2.45, 2.75) is 13.3 Å². The van der Waals surface area contributed by atoms with Gasteiger partial charge in [-0.15, -0.1) is 0 Å². The molecule has 0 amide bonds. The van der Waals surface area contributed by atoms with Crippen molar-refractivity contribution in [2.24, 2.45) is 0 Å². The zero-order valence-corrected chi connectivity index (χ0v) is 10.8. The number of benzene rings is 2. The number of hydrogen-bond donors (Lipinski definition) is 2. The van der Waals surface area contributed by atoms with Gasteiger partial charge in [0, 0.05) is 28.1 Å². The van der Waals surface area contributed by atoms with Crippen LogP contribution in [-0.4, -0.2) is 10.2 Å². The number of phenols is 2. The minimum Gasteiger partial charge on any atom is -0.508 e. The van der Waals surface area contributed by atoms with Crippen LogP contribution in [0.15, 0.2) is 24.3 Å². The van der Waals surface area contributed by atoms with Crippen LogP contribution >= 0.6 is 11.6 Å². The molecule has 0 spiro atoms. The van der Waals surface area contributed by atoms with E-state index in [9.17, 15) is 19.0 Å². The molecule has 2 nitrogen and oxygen atoms in total. The summed E-state index contributed by atoms with van der Waals surface area (Å²) >= 11 is 5.93. The van der Waals surface area contributed by atoms with Gasteiger partial charge in [-0.25, -0.2) is 8.78 Å². The molecule has 2 aromatic carbocycles. The normalized spacial score (nSPS) is 10.7. The number of aromatic hydroxyl groups is 2. The molecule has 0 atom stereocenters. The molecule has 2 N–H and O–H groups in total. The second kappa shape index (κ2) is 5.05. The van der Waals surface area contributed by atoms with Crippen LogP contribution < -0.4 is 0 Å². The first-order valence-corrected chi connectivity index (χ1v) is 5.92. The maximum absolute atomic E-state index is 13.3. The fourth-order valence-electron chi connectivity index (χ4n) is 1.86. The van der Waals surface area contributed by atoms with Crippen molar-refractivity contribution in [3.05, 3.63) is 57.6 Å². The van der Waals surface area contributed by atoms with E-state index in [4.69, 9.17) is 11.6 Å². The molecule has 5 heteroatoms. The molecule has 0 aliphatic rings. The molecule has 0 aromatic heterocycles. The minimum absolute atomic E-state index is 0.00931. The van der Waals surface area contributed by atoms with E-state index in [0.29, 0.717) is 10.6 Å². The van der Waals surface area contributed by atoms with Crippen molar-refractivity contribution >= 4 is 11.6 Å². The monoisotopic (exact) mass is 284 g/mol. The van der Waals surface area contributed by atoms with Gasteiger partial charge in [-0.05, 0) is 25.1 Å². The molecule has 0 radical (unpaired) electrons. The van der Waals surface area contributed by atoms with Crippen LogP contribution in [0.1, 0.15) is 16.7 Å². The van der Waals surface area contributed by atoms with E-state index in [2.05, 4.69) is 0 Å². The Labute approximate surface area is 113 Å². The molecular formula is C14H11ClF2O2. The Kier molecular flexibility index (Phi) is 3.62. The third-order valence-corrected chi connectivity index (χ3v) is 3.31. The van der Waals surface area contributed by atoms with E-state index in [-0.39, 0.29) is 29.0 Å². The van der Waals surface area contributed by atoms with Crippen LogP contribution in [0.3, 0.4) is 0 Å². The Bertz CT molecular complexity index is 622. The molecule has 2 rings (SSSR count). The van der Waals surface area contributed by atoms with Gasteiger partial charge in [0.2, 0.25) is 0 Å². The van der Waals surface area contributed by atoms with E-state index in [1.165, 1.54) is 13.0 Å². The first kappa shape index (κ1) is 13.6. The molecule has 0 fully saturated rings. The first-order chi connectivity index (χ1) is 8.91. The number of hydrogen-bond acceptors (Lipinski definition) is 2. The molecule has 0 heterocycles. The highest BCUT2D eigenvalue weighted by Gasteiger charge is 2.17. The highest BCUT2D eigenvalue weighted by molar-refractivity contribution is 6.31. The van der Waals surface area contributed by atoms with E-state index in [1.54, 1.807) is 12.1 Å². The maximum Gasteiger partial charge on any atom is 0.165 e. The lowest BCUT2D eigenvalue weighted by Crippen LogP contribution is -1.97. The van der Waals surface area contributed by atoms with Crippen molar-refractivity contribution in [1.29, 1.82) is 0 Å². The summed E-state index contributed by atoms with van der Waals surface area (Å²) in [7, 11) is 0. The predicted molar refractivity (Wildman–Crippen MR) is 68.7 cm³/mol. The molecule has 0 saturated heterocycles. The Morgan fingerprint density at radius 1 is 1.21 bits per heavy atom. The van der Waals surface area contributed by atoms with Crippen LogP contribution in [0.25, 0.3) is 0 Å². The number of phenolic OH excluding ortho intramolecular Hbond substituents is 2. The van der Waals surface area contributed by atoms with Gasteiger partial charge in [0.05, 0.1) is 0 Å². The van der Waals surface area contributed by atoms with Gasteiger partial charge in [0.15, 0.2) is 11.6 Å².